The van der Waals surface area contributed by atoms with Crippen LogP contribution in [0.5, 0.6) is 0 Å². The van der Waals surface area contributed by atoms with Gasteiger partial charge in [-0.15, -0.1) is 0 Å². The maximum atomic E-state index is 13.8. The number of anilines is 2. The van der Waals surface area contributed by atoms with Crippen LogP contribution in [0.15, 0.2) is 108 Å². The first kappa shape index (κ1) is 25.8. The molecule has 40 heavy (non-hydrogen) atoms. The molecule has 0 saturated heterocycles. The van der Waals surface area contributed by atoms with Gasteiger partial charge >= 0.3 is 0 Å². The Morgan fingerprint density at radius 1 is 0.825 bits per heavy atom. The van der Waals surface area contributed by atoms with Crippen molar-refractivity contribution >= 4 is 28.9 Å². The Balaban J connectivity index is 1.22. The number of hydrogen-bond donors (Lipinski definition) is 1. The van der Waals surface area contributed by atoms with Crippen LogP contribution >= 0.6 is 0 Å². The van der Waals surface area contributed by atoms with Gasteiger partial charge in [-0.1, -0.05) is 66.7 Å². The maximum absolute atomic E-state index is 13.8. The summed E-state index contributed by atoms with van der Waals surface area (Å²) in [5, 5.41) is 3.01. The van der Waals surface area contributed by atoms with E-state index in [0.717, 1.165) is 48.9 Å². The molecule has 1 atom stereocenters. The number of hydrogen-bond acceptors (Lipinski definition) is 3. The molecule has 0 radical (unpaired) electrons. The summed E-state index contributed by atoms with van der Waals surface area (Å²) >= 11 is 0. The zero-order valence-corrected chi connectivity index (χ0v) is 22.8. The molecule has 6 rings (SSSR count). The number of fused-ring (bicyclic) bond motifs is 1. The molecule has 0 bridgehead atoms. The number of nitrogens with zero attached hydrogens (tertiary/aromatic N) is 2. The first-order valence-corrected chi connectivity index (χ1v) is 14.0. The average molecular weight is 528 g/mol. The average Bonchev–Trinajstić information content (AvgIpc) is 3.32. The normalized spacial score (nSPS) is 19.3. The smallest absolute Gasteiger partial charge is 0.258 e. The highest BCUT2D eigenvalue weighted by molar-refractivity contribution is 6.10. The molecule has 5 nitrogen and oxygen atoms in total. The van der Waals surface area contributed by atoms with Gasteiger partial charge in [0.15, 0.2) is 0 Å². The Kier molecular flexibility index (Phi) is 7.04. The fourth-order valence-corrected chi connectivity index (χ4v) is 6.45. The van der Waals surface area contributed by atoms with Gasteiger partial charge in [0.2, 0.25) is 0 Å². The Morgan fingerprint density at radius 2 is 1.55 bits per heavy atom. The summed E-state index contributed by atoms with van der Waals surface area (Å²) in [5.74, 6) is -0.208. The molecule has 1 saturated carbocycles. The van der Waals surface area contributed by atoms with Crippen LogP contribution in [-0.2, 0) is 6.42 Å². The molecule has 0 aromatic heterocycles. The number of para-hydroxylation sites is 1. The number of nitrogens with one attached hydrogen (secondary N) is 1. The van der Waals surface area contributed by atoms with E-state index in [4.69, 9.17) is 0 Å². The molecule has 1 heterocycles. The van der Waals surface area contributed by atoms with E-state index in [9.17, 15) is 9.59 Å². The summed E-state index contributed by atoms with van der Waals surface area (Å²) < 4.78 is 0. The summed E-state index contributed by atoms with van der Waals surface area (Å²) in [4.78, 5) is 33.7. The van der Waals surface area contributed by atoms with E-state index in [0.29, 0.717) is 23.4 Å². The third-order valence-electron chi connectivity index (χ3n) is 8.47. The first-order chi connectivity index (χ1) is 19.6. The Bertz CT molecular complexity index is 1580. The fraction of sp³-hybridized carbons (Fsp3) is 0.229. The van der Waals surface area contributed by atoms with Crippen molar-refractivity contribution in [3.8, 4) is 11.1 Å². The molecular formula is C35H33N3O2. The second-order valence-corrected chi connectivity index (χ2v) is 10.8. The summed E-state index contributed by atoms with van der Waals surface area (Å²) in [6, 6.07) is 33.0. The minimum atomic E-state index is -0.185. The zero-order valence-electron chi connectivity index (χ0n) is 22.8. The number of benzene rings is 4. The van der Waals surface area contributed by atoms with Crippen molar-refractivity contribution in [2.24, 2.45) is 10.4 Å². The molecule has 1 aliphatic heterocycles. The van der Waals surface area contributed by atoms with E-state index in [1.165, 1.54) is 11.3 Å². The predicted molar refractivity (Wildman–Crippen MR) is 162 cm³/mol. The number of amides is 2. The second kappa shape index (κ2) is 10.9. The number of carbonyl (C=O) groups is 2. The van der Waals surface area contributed by atoms with Crippen LogP contribution in [0.25, 0.3) is 11.1 Å². The summed E-state index contributed by atoms with van der Waals surface area (Å²) in [6.45, 7) is 0.656. The lowest BCUT2D eigenvalue weighted by Gasteiger charge is -2.29. The molecule has 4 aromatic carbocycles. The molecule has 1 spiro atoms. The maximum Gasteiger partial charge on any atom is 0.258 e. The van der Waals surface area contributed by atoms with Crippen molar-refractivity contribution in [2.75, 3.05) is 23.8 Å². The van der Waals surface area contributed by atoms with Crippen LogP contribution in [0.4, 0.5) is 11.4 Å². The quantitative estimate of drug-likeness (QED) is 0.300. The largest absolute Gasteiger partial charge is 0.322 e. The third-order valence-corrected chi connectivity index (χ3v) is 8.47. The molecule has 1 aliphatic carbocycles. The van der Waals surface area contributed by atoms with Crippen molar-refractivity contribution in [3.63, 3.8) is 0 Å². The molecule has 1 unspecified atom stereocenters. The van der Waals surface area contributed by atoms with Crippen LogP contribution < -0.4 is 10.2 Å². The van der Waals surface area contributed by atoms with Gasteiger partial charge in [0.05, 0.1) is 0 Å². The van der Waals surface area contributed by atoms with Crippen molar-refractivity contribution in [1.29, 1.82) is 0 Å². The van der Waals surface area contributed by atoms with Gasteiger partial charge in [-0.2, -0.15) is 0 Å². The molecule has 5 heteroatoms. The molecule has 200 valence electrons. The van der Waals surface area contributed by atoms with Crippen LogP contribution in [0, 0.1) is 5.41 Å². The standard InChI is InChI=1S/C35H33N3O2/c1-36-32-16-9-21-35(32)22-23-38(31-15-8-5-12-27(31)24-35)34(40)26-17-19-28(20-18-26)37-33(39)30-14-7-6-13-29(30)25-10-3-2-4-11-25/h2-8,10-15,17-20H,9,16,21-24H2,1H3,(H,37,39)/b36-32+. The van der Waals surface area contributed by atoms with Gasteiger partial charge < -0.3 is 10.2 Å². The summed E-state index contributed by atoms with van der Waals surface area (Å²) in [7, 11) is 1.91. The lowest BCUT2D eigenvalue weighted by atomic mass is 9.76. The van der Waals surface area contributed by atoms with E-state index in [1.54, 1.807) is 24.3 Å². The number of carbonyl (C=O) groups excluding carboxylic acids is 2. The predicted octanol–water partition coefficient (Wildman–Crippen LogP) is 7.44. The van der Waals surface area contributed by atoms with E-state index in [1.807, 2.05) is 72.6 Å². The van der Waals surface area contributed by atoms with Gasteiger partial charge in [0.1, 0.15) is 0 Å². The Hall–Kier alpha value is -4.51. The van der Waals surface area contributed by atoms with Crippen molar-refractivity contribution < 1.29 is 9.59 Å². The Morgan fingerprint density at radius 3 is 2.35 bits per heavy atom. The fourth-order valence-electron chi connectivity index (χ4n) is 6.45. The highest BCUT2D eigenvalue weighted by atomic mass is 16.2. The van der Waals surface area contributed by atoms with E-state index in [-0.39, 0.29) is 17.2 Å². The highest BCUT2D eigenvalue weighted by Crippen LogP contribution is 2.46. The van der Waals surface area contributed by atoms with Gasteiger partial charge in [0, 0.05) is 47.2 Å². The SMILES string of the molecule is C/N=C1\CCCC12CCN(C(=O)c1ccc(NC(=O)c3ccccc3-c3ccccc3)cc1)c1ccccc1C2. The lowest BCUT2D eigenvalue weighted by Crippen LogP contribution is -2.35. The molecule has 1 N–H and O–H groups in total. The molecule has 2 aliphatic rings. The number of rotatable bonds is 4. The highest BCUT2D eigenvalue weighted by Gasteiger charge is 2.42. The molecule has 4 aromatic rings. The van der Waals surface area contributed by atoms with E-state index in [2.05, 4.69) is 28.5 Å². The van der Waals surface area contributed by atoms with Gasteiger partial charge in [0.25, 0.3) is 11.8 Å². The third kappa shape index (κ3) is 4.84. The summed E-state index contributed by atoms with van der Waals surface area (Å²) in [5.41, 5.74) is 7.26. The first-order valence-electron chi connectivity index (χ1n) is 14.0. The van der Waals surface area contributed by atoms with Crippen molar-refractivity contribution in [2.45, 2.75) is 32.1 Å². The topological polar surface area (TPSA) is 61.8 Å². The van der Waals surface area contributed by atoms with Crippen LogP contribution in [-0.4, -0.2) is 31.1 Å². The van der Waals surface area contributed by atoms with Gasteiger partial charge in [-0.3, -0.25) is 14.6 Å². The lowest BCUT2D eigenvalue weighted by molar-refractivity contribution is 0.0984. The molecule has 1 fully saturated rings. The molecular weight excluding hydrogens is 494 g/mol. The van der Waals surface area contributed by atoms with Gasteiger partial charge in [-0.05, 0) is 85.2 Å². The monoisotopic (exact) mass is 527 g/mol. The van der Waals surface area contributed by atoms with Crippen LogP contribution in [0.1, 0.15) is 52.0 Å². The summed E-state index contributed by atoms with van der Waals surface area (Å²) in [6.07, 6.45) is 5.17. The van der Waals surface area contributed by atoms with Crippen LogP contribution in [0.3, 0.4) is 0 Å². The minimum absolute atomic E-state index is 0.0233. The van der Waals surface area contributed by atoms with Gasteiger partial charge in [-0.25, -0.2) is 0 Å². The van der Waals surface area contributed by atoms with Crippen LogP contribution in [0.2, 0.25) is 0 Å². The Labute approximate surface area is 235 Å². The zero-order chi connectivity index (χ0) is 27.5. The van der Waals surface area contributed by atoms with E-state index < -0.39 is 0 Å². The van der Waals surface area contributed by atoms with Crippen molar-refractivity contribution in [3.05, 3.63) is 120 Å². The minimum Gasteiger partial charge on any atom is -0.322 e. The molecule has 2 amide bonds. The van der Waals surface area contributed by atoms with E-state index >= 15 is 0 Å². The van der Waals surface area contributed by atoms with Crippen molar-refractivity contribution in [1.82, 2.24) is 0 Å². The number of aliphatic imine (C=N–C) groups is 1. The second-order valence-electron chi connectivity index (χ2n) is 10.8.